The highest BCUT2D eigenvalue weighted by atomic mass is 16.3. The summed E-state index contributed by atoms with van der Waals surface area (Å²) in [5.41, 5.74) is 1.72. The summed E-state index contributed by atoms with van der Waals surface area (Å²) in [6.45, 7) is 1.90. The summed E-state index contributed by atoms with van der Waals surface area (Å²) in [5.74, 6) is 0.188. The molecule has 12 heavy (non-hydrogen) atoms. The first-order valence-corrected chi connectivity index (χ1v) is 3.68. The Balaban J connectivity index is 2.86. The topological polar surface area (TPSA) is 46.0 Å². The van der Waals surface area contributed by atoms with Crippen LogP contribution in [0.3, 0.4) is 0 Å². The van der Waals surface area contributed by atoms with Crippen LogP contribution in [-0.4, -0.2) is 15.1 Å². The van der Waals surface area contributed by atoms with E-state index in [1.165, 1.54) is 6.20 Å². The second kappa shape index (κ2) is 2.44. The number of hydrogen-bond acceptors (Lipinski definition) is 3. The largest absolute Gasteiger partial charge is 0.506 e. The molecule has 3 heteroatoms. The third-order valence-electron chi connectivity index (χ3n) is 1.77. The first-order valence-electron chi connectivity index (χ1n) is 3.68. The quantitative estimate of drug-likeness (QED) is 0.637. The van der Waals surface area contributed by atoms with Gasteiger partial charge < -0.3 is 5.11 Å². The van der Waals surface area contributed by atoms with Gasteiger partial charge in [-0.25, -0.2) is 0 Å². The summed E-state index contributed by atoms with van der Waals surface area (Å²) >= 11 is 0. The minimum Gasteiger partial charge on any atom is -0.506 e. The molecule has 0 bridgehead atoms. The molecule has 0 aliphatic carbocycles. The molecular formula is C9H8N2O. The number of fused-ring (bicyclic) bond motifs is 1. The van der Waals surface area contributed by atoms with Gasteiger partial charge in [0.25, 0.3) is 0 Å². The van der Waals surface area contributed by atoms with E-state index in [1.54, 1.807) is 12.3 Å². The molecule has 0 atom stereocenters. The van der Waals surface area contributed by atoms with Gasteiger partial charge in [0, 0.05) is 11.6 Å². The van der Waals surface area contributed by atoms with Crippen LogP contribution in [0.2, 0.25) is 0 Å². The van der Waals surface area contributed by atoms with Crippen molar-refractivity contribution in [3.05, 3.63) is 30.2 Å². The van der Waals surface area contributed by atoms with Crippen LogP contribution in [0.5, 0.6) is 5.75 Å². The number of aryl methyl sites for hydroxylation is 1. The Labute approximate surface area is 69.7 Å². The van der Waals surface area contributed by atoms with Crippen molar-refractivity contribution in [1.29, 1.82) is 0 Å². The van der Waals surface area contributed by atoms with Crippen LogP contribution in [0.25, 0.3) is 10.9 Å². The van der Waals surface area contributed by atoms with E-state index >= 15 is 0 Å². The van der Waals surface area contributed by atoms with Crippen LogP contribution in [0.1, 0.15) is 5.69 Å². The lowest BCUT2D eigenvalue weighted by atomic mass is 10.2. The van der Waals surface area contributed by atoms with Gasteiger partial charge >= 0.3 is 0 Å². The van der Waals surface area contributed by atoms with E-state index in [0.717, 1.165) is 16.6 Å². The highest BCUT2D eigenvalue weighted by Crippen LogP contribution is 2.17. The fourth-order valence-corrected chi connectivity index (χ4v) is 1.19. The number of nitrogens with zero attached hydrogens (tertiary/aromatic N) is 2. The van der Waals surface area contributed by atoms with Gasteiger partial charge in [0.05, 0.1) is 17.4 Å². The van der Waals surface area contributed by atoms with E-state index in [9.17, 15) is 0 Å². The Hall–Kier alpha value is -1.64. The number of pyridine rings is 2. The average Bonchev–Trinajstić information content (AvgIpc) is 2.04. The van der Waals surface area contributed by atoms with E-state index in [4.69, 9.17) is 5.11 Å². The van der Waals surface area contributed by atoms with E-state index in [-0.39, 0.29) is 5.75 Å². The molecular weight excluding hydrogens is 152 g/mol. The zero-order valence-electron chi connectivity index (χ0n) is 6.65. The average molecular weight is 160 g/mol. The molecule has 0 amide bonds. The number of hydrogen-bond donors (Lipinski definition) is 1. The van der Waals surface area contributed by atoms with Crippen LogP contribution < -0.4 is 0 Å². The molecule has 0 saturated carbocycles. The Morgan fingerprint density at radius 1 is 1.33 bits per heavy atom. The summed E-state index contributed by atoms with van der Waals surface area (Å²) in [5, 5.41) is 10.1. The van der Waals surface area contributed by atoms with E-state index in [0.29, 0.717) is 0 Å². The van der Waals surface area contributed by atoms with Crippen molar-refractivity contribution >= 4 is 10.9 Å². The zero-order chi connectivity index (χ0) is 8.55. The Bertz CT molecular complexity index is 426. The van der Waals surface area contributed by atoms with Gasteiger partial charge in [-0.1, -0.05) is 0 Å². The SMILES string of the molecule is Cc1nccc2cc(O)cnc12. The summed E-state index contributed by atoms with van der Waals surface area (Å²) in [7, 11) is 0. The van der Waals surface area contributed by atoms with E-state index < -0.39 is 0 Å². The summed E-state index contributed by atoms with van der Waals surface area (Å²) in [6.07, 6.45) is 3.13. The maximum atomic E-state index is 9.14. The van der Waals surface area contributed by atoms with Crippen molar-refractivity contribution in [1.82, 2.24) is 9.97 Å². The molecule has 2 rings (SSSR count). The lowest BCUT2D eigenvalue weighted by molar-refractivity contribution is 0.474. The second-order valence-electron chi connectivity index (χ2n) is 2.66. The van der Waals surface area contributed by atoms with Crippen molar-refractivity contribution in [2.75, 3.05) is 0 Å². The zero-order valence-corrected chi connectivity index (χ0v) is 6.65. The Morgan fingerprint density at radius 2 is 2.17 bits per heavy atom. The maximum Gasteiger partial charge on any atom is 0.134 e. The molecule has 2 heterocycles. The lowest BCUT2D eigenvalue weighted by Gasteiger charge is -1.99. The lowest BCUT2D eigenvalue weighted by Crippen LogP contribution is -1.85. The van der Waals surface area contributed by atoms with Gasteiger partial charge in [0.1, 0.15) is 5.75 Å². The molecule has 60 valence electrons. The van der Waals surface area contributed by atoms with Crippen LogP contribution in [0.15, 0.2) is 24.5 Å². The fourth-order valence-electron chi connectivity index (χ4n) is 1.19. The minimum atomic E-state index is 0.188. The second-order valence-corrected chi connectivity index (χ2v) is 2.66. The monoisotopic (exact) mass is 160 g/mol. The van der Waals surface area contributed by atoms with Gasteiger partial charge in [-0.2, -0.15) is 0 Å². The summed E-state index contributed by atoms with van der Waals surface area (Å²) < 4.78 is 0. The van der Waals surface area contributed by atoms with Gasteiger partial charge in [0.15, 0.2) is 0 Å². The molecule has 0 aliphatic rings. The number of rotatable bonds is 0. The number of aromatic nitrogens is 2. The minimum absolute atomic E-state index is 0.188. The first kappa shape index (κ1) is 7.03. The molecule has 1 N–H and O–H groups in total. The standard InChI is InChI=1S/C9H8N2O/c1-6-9-7(2-3-10-6)4-8(12)5-11-9/h2-5,12H,1H3. The maximum absolute atomic E-state index is 9.14. The van der Waals surface area contributed by atoms with Crippen molar-refractivity contribution in [3.8, 4) is 5.75 Å². The molecule has 0 unspecified atom stereocenters. The predicted molar refractivity (Wildman–Crippen MR) is 45.9 cm³/mol. The van der Waals surface area contributed by atoms with Crippen molar-refractivity contribution in [2.45, 2.75) is 6.92 Å². The van der Waals surface area contributed by atoms with Crippen molar-refractivity contribution in [2.24, 2.45) is 0 Å². The smallest absolute Gasteiger partial charge is 0.134 e. The molecule has 0 aromatic carbocycles. The molecule has 0 fully saturated rings. The molecule has 0 spiro atoms. The Kier molecular flexibility index (Phi) is 1.43. The normalized spacial score (nSPS) is 10.4. The van der Waals surface area contributed by atoms with E-state index in [2.05, 4.69) is 9.97 Å². The molecule has 3 nitrogen and oxygen atoms in total. The highest BCUT2D eigenvalue weighted by Gasteiger charge is 1.98. The molecule has 2 aromatic heterocycles. The Morgan fingerprint density at radius 3 is 3.00 bits per heavy atom. The first-order chi connectivity index (χ1) is 5.77. The van der Waals surface area contributed by atoms with Crippen molar-refractivity contribution in [3.63, 3.8) is 0 Å². The molecule has 0 radical (unpaired) electrons. The fraction of sp³-hybridized carbons (Fsp3) is 0.111. The molecule has 2 aromatic rings. The van der Waals surface area contributed by atoms with Gasteiger partial charge in [-0.05, 0) is 19.1 Å². The number of aromatic hydroxyl groups is 1. The van der Waals surface area contributed by atoms with E-state index in [1.807, 2.05) is 13.0 Å². The molecule has 0 saturated heterocycles. The molecule has 0 aliphatic heterocycles. The third-order valence-corrected chi connectivity index (χ3v) is 1.77. The van der Waals surface area contributed by atoms with Crippen LogP contribution in [-0.2, 0) is 0 Å². The van der Waals surface area contributed by atoms with Crippen molar-refractivity contribution < 1.29 is 5.11 Å². The van der Waals surface area contributed by atoms with Crippen LogP contribution >= 0.6 is 0 Å². The van der Waals surface area contributed by atoms with Crippen LogP contribution in [0.4, 0.5) is 0 Å². The van der Waals surface area contributed by atoms with Gasteiger partial charge in [0.2, 0.25) is 0 Å². The summed E-state index contributed by atoms with van der Waals surface area (Å²) in [6, 6.07) is 3.51. The summed E-state index contributed by atoms with van der Waals surface area (Å²) in [4.78, 5) is 8.16. The van der Waals surface area contributed by atoms with Crippen LogP contribution in [0, 0.1) is 6.92 Å². The third kappa shape index (κ3) is 0.993. The highest BCUT2D eigenvalue weighted by molar-refractivity contribution is 5.80. The van der Waals surface area contributed by atoms with Gasteiger partial charge in [-0.3, -0.25) is 9.97 Å². The van der Waals surface area contributed by atoms with Gasteiger partial charge in [-0.15, -0.1) is 0 Å². The predicted octanol–water partition coefficient (Wildman–Crippen LogP) is 1.64.